The van der Waals surface area contributed by atoms with Gasteiger partial charge >= 0.3 is 6.09 Å². The van der Waals surface area contributed by atoms with Gasteiger partial charge in [0.05, 0.1) is 7.11 Å². The Morgan fingerprint density at radius 1 is 1.35 bits per heavy atom. The van der Waals surface area contributed by atoms with Crippen LogP contribution in [0.3, 0.4) is 0 Å². The van der Waals surface area contributed by atoms with Gasteiger partial charge in [0.25, 0.3) is 0 Å². The lowest BCUT2D eigenvalue weighted by molar-refractivity contribution is 0.0142. The molecule has 128 valence electrons. The van der Waals surface area contributed by atoms with Crippen LogP contribution in [-0.4, -0.2) is 36.8 Å². The van der Waals surface area contributed by atoms with Crippen molar-refractivity contribution in [3.63, 3.8) is 0 Å². The zero-order chi connectivity index (χ0) is 17.0. The van der Waals surface area contributed by atoms with Crippen LogP contribution in [0.1, 0.15) is 52.0 Å². The predicted molar refractivity (Wildman–Crippen MR) is 91.9 cm³/mol. The smallest absolute Gasteiger partial charge is 0.410 e. The van der Waals surface area contributed by atoms with Crippen molar-refractivity contribution in [1.29, 1.82) is 0 Å². The molecule has 4 heteroatoms. The van der Waals surface area contributed by atoms with E-state index in [-0.39, 0.29) is 6.09 Å². The average Bonchev–Trinajstić information content (AvgIpc) is 2.52. The summed E-state index contributed by atoms with van der Waals surface area (Å²) >= 11 is 0. The molecule has 0 unspecified atom stereocenters. The second-order valence-electron chi connectivity index (χ2n) is 7.27. The number of benzene rings is 1. The minimum absolute atomic E-state index is 0.194. The zero-order valence-electron chi connectivity index (χ0n) is 15.0. The SMILES string of the molecule is CC[C@H]1CN(C(=O)OC(C)(C)C)CC[C@@H]1c1cccc(OC)c1. The fourth-order valence-corrected chi connectivity index (χ4v) is 3.25. The second-order valence-corrected chi connectivity index (χ2v) is 7.27. The number of hydrogen-bond donors (Lipinski definition) is 0. The van der Waals surface area contributed by atoms with Crippen molar-refractivity contribution in [3.05, 3.63) is 29.8 Å². The molecule has 1 aliphatic heterocycles. The third-order valence-electron chi connectivity index (χ3n) is 4.43. The van der Waals surface area contributed by atoms with Crippen molar-refractivity contribution < 1.29 is 14.3 Å². The number of carbonyl (C=O) groups excluding carboxylic acids is 1. The number of piperidine rings is 1. The van der Waals surface area contributed by atoms with Gasteiger partial charge in [-0.2, -0.15) is 0 Å². The van der Waals surface area contributed by atoms with E-state index in [0.717, 1.165) is 31.7 Å². The highest BCUT2D eigenvalue weighted by Gasteiger charge is 2.33. The second kappa shape index (κ2) is 7.24. The van der Waals surface area contributed by atoms with Gasteiger partial charge in [-0.3, -0.25) is 0 Å². The quantitative estimate of drug-likeness (QED) is 0.826. The predicted octanol–water partition coefficient (Wildman–Crippen LogP) is 4.45. The fourth-order valence-electron chi connectivity index (χ4n) is 3.25. The molecule has 23 heavy (non-hydrogen) atoms. The van der Waals surface area contributed by atoms with Crippen molar-refractivity contribution in [2.24, 2.45) is 5.92 Å². The molecule has 2 rings (SSSR count). The van der Waals surface area contributed by atoms with E-state index in [4.69, 9.17) is 9.47 Å². The molecule has 0 bridgehead atoms. The Morgan fingerprint density at radius 3 is 2.70 bits per heavy atom. The maximum Gasteiger partial charge on any atom is 0.410 e. The van der Waals surface area contributed by atoms with Gasteiger partial charge in [0, 0.05) is 13.1 Å². The first kappa shape index (κ1) is 17.6. The molecule has 4 nitrogen and oxygen atoms in total. The third kappa shape index (κ3) is 4.63. The Labute approximate surface area is 139 Å². The first-order valence-corrected chi connectivity index (χ1v) is 8.46. The van der Waals surface area contributed by atoms with E-state index in [2.05, 4.69) is 19.1 Å². The van der Waals surface area contributed by atoms with Crippen LogP contribution >= 0.6 is 0 Å². The highest BCUT2D eigenvalue weighted by molar-refractivity contribution is 5.68. The zero-order valence-corrected chi connectivity index (χ0v) is 15.0. The largest absolute Gasteiger partial charge is 0.497 e. The molecule has 0 aliphatic carbocycles. The third-order valence-corrected chi connectivity index (χ3v) is 4.43. The number of ether oxygens (including phenoxy) is 2. The summed E-state index contributed by atoms with van der Waals surface area (Å²) in [5.74, 6) is 1.81. The Kier molecular flexibility index (Phi) is 5.55. The van der Waals surface area contributed by atoms with Gasteiger partial charge in [0.2, 0.25) is 0 Å². The summed E-state index contributed by atoms with van der Waals surface area (Å²) in [4.78, 5) is 14.2. The van der Waals surface area contributed by atoms with E-state index in [1.807, 2.05) is 37.8 Å². The van der Waals surface area contributed by atoms with E-state index in [1.54, 1.807) is 7.11 Å². The standard InChI is InChI=1S/C19H29NO3/c1-6-14-13-20(18(21)23-19(2,3)4)11-10-17(14)15-8-7-9-16(12-15)22-5/h7-9,12,14,17H,6,10-11,13H2,1-5H3/t14-,17-/m0/s1. The molecule has 1 fully saturated rings. The monoisotopic (exact) mass is 319 g/mol. The Balaban J connectivity index is 2.08. The van der Waals surface area contributed by atoms with Gasteiger partial charge in [0.15, 0.2) is 0 Å². The van der Waals surface area contributed by atoms with Gasteiger partial charge in [-0.1, -0.05) is 25.5 Å². The summed E-state index contributed by atoms with van der Waals surface area (Å²) in [6, 6.07) is 8.30. The summed E-state index contributed by atoms with van der Waals surface area (Å²) in [7, 11) is 1.70. The van der Waals surface area contributed by atoms with Gasteiger partial charge in [-0.05, 0) is 56.7 Å². The maximum atomic E-state index is 12.3. The van der Waals surface area contributed by atoms with Crippen LogP contribution in [0.2, 0.25) is 0 Å². The van der Waals surface area contributed by atoms with Crippen molar-refractivity contribution >= 4 is 6.09 Å². The Hall–Kier alpha value is -1.71. The molecular formula is C19H29NO3. The van der Waals surface area contributed by atoms with E-state index < -0.39 is 5.60 Å². The Bertz CT molecular complexity index is 536. The first-order chi connectivity index (χ1) is 10.8. The summed E-state index contributed by atoms with van der Waals surface area (Å²) in [6.45, 7) is 9.42. The van der Waals surface area contributed by atoms with Crippen LogP contribution in [-0.2, 0) is 4.74 Å². The van der Waals surface area contributed by atoms with Crippen LogP contribution < -0.4 is 4.74 Å². The van der Waals surface area contributed by atoms with Gasteiger partial charge < -0.3 is 14.4 Å². The lowest BCUT2D eigenvalue weighted by atomic mass is 9.79. The molecule has 0 N–H and O–H groups in total. The molecule has 1 amide bonds. The van der Waals surface area contributed by atoms with Crippen LogP contribution in [0.15, 0.2) is 24.3 Å². The number of nitrogens with zero attached hydrogens (tertiary/aromatic N) is 1. The highest BCUT2D eigenvalue weighted by atomic mass is 16.6. The summed E-state index contributed by atoms with van der Waals surface area (Å²) in [5, 5.41) is 0. The normalized spacial score (nSPS) is 21.9. The summed E-state index contributed by atoms with van der Waals surface area (Å²) in [6.07, 6.45) is 1.81. The van der Waals surface area contributed by atoms with E-state index in [1.165, 1.54) is 5.56 Å². The molecule has 2 atom stereocenters. The first-order valence-electron chi connectivity index (χ1n) is 8.46. The minimum atomic E-state index is -0.442. The van der Waals surface area contributed by atoms with Crippen molar-refractivity contribution in [3.8, 4) is 5.75 Å². The van der Waals surface area contributed by atoms with E-state index >= 15 is 0 Å². The van der Waals surface area contributed by atoms with Crippen LogP contribution in [0, 0.1) is 5.92 Å². The lowest BCUT2D eigenvalue weighted by Gasteiger charge is -2.39. The summed E-state index contributed by atoms with van der Waals surface area (Å²) < 4.78 is 10.9. The van der Waals surface area contributed by atoms with Crippen molar-refractivity contribution in [1.82, 2.24) is 4.90 Å². The molecule has 0 spiro atoms. The molecule has 1 aliphatic rings. The number of methoxy groups -OCH3 is 1. The molecule has 0 aromatic heterocycles. The van der Waals surface area contributed by atoms with E-state index in [0.29, 0.717) is 11.8 Å². The van der Waals surface area contributed by atoms with Gasteiger partial charge in [-0.25, -0.2) is 4.79 Å². The van der Waals surface area contributed by atoms with Gasteiger partial charge in [-0.15, -0.1) is 0 Å². The number of carbonyl (C=O) groups is 1. The topological polar surface area (TPSA) is 38.8 Å². The van der Waals surface area contributed by atoms with Crippen LogP contribution in [0.25, 0.3) is 0 Å². The molecule has 1 saturated heterocycles. The van der Waals surface area contributed by atoms with Crippen LogP contribution in [0.4, 0.5) is 4.79 Å². The van der Waals surface area contributed by atoms with Crippen molar-refractivity contribution in [2.45, 2.75) is 52.1 Å². The fraction of sp³-hybridized carbons (Fsp3) is 0.632. The lowest BCUT2D eigenvalue weighted by Crippen LogP contribution is -2.45. The van der Waals surface area contributed by atoms with Gasteiger partial charge in [0.1, 0.15) is 11.4 Å². The molecule has 0 saturated carbocycles. The van der Waals surface area contributed by atoms with Crippen molar-refractivity contribution in [2.75, 3.05) is 20.2 Å². The highest BCUT2D eigenvalue weighted by Crippen LogP contribution is 2.36. The Morgan fingerprint density at radius 2 is 2.09 bits per heavy atom. The number of amides is 1. The minimum Gasteiger partial charge on any atom is -0.497 e. The molecule has 1 aromatic rings. The number of likely N-dealkylation sites (tertiary alicyclic amines) is 1. The van der Waals surface area contributed by atoms with E-state index in [9.17, 15) is 4.79 Å². The molecule has 1 heterocycles. The number of hydrogen-bond acceptors (Lipinski definition) is 3. The molecule has 0 radical (unpaired) electrons. The number of rotatable bonds is 3. The summed E-state index contributed by atoms with van der Waals surface area (Å²) in [5.41, 5.74) is 0.864. The molecular weight excluding hydrogens is 290 g/mol. The maximum absolute atomic E-state index is 12.3. The molecule has 1 aromatic carbocycles. The van der Waals surface area contributed by atoms with Crippen LogP contribution in [0.5, 0.6) is 5.75 Å². The average molecular weight is 319 g/mol.